The largest absolute Gasteiger partial charge is 0.457 e. The second-order valence-electron chi connectivity index (χ2n) is 3.93. The number of rotatable bonds is 4. The first kappa shape index (κ1) is 13.4. The Morgan fingerprint density at radius 1 is 1.26 bits per heavy atom. The molecule has 0 aliphatic rings. The van der Waals surface area contributed by atoms with E-state index in [1.54, 1.807) is 42.5 Å². The molecular formula is C14H13ClN2O2. The second-order valence-corrected chi connectivity index (χ2v) is 4.34. The lowest BCUT2D eigenvalue weighted by Gasteiger charge is -2.12. The van der Waals surface area contributed by atoms with E-state index in [0.29, 0.717) is 22.1 Å². The van der Waals surface area contributed by atoms with Crippen molar-refractivity contribution in [3.8, 4) is 11.5 Å². The topological polar surface area (TPSA) is 79.3 Å². The van der Waals surface area contributed by atoms with Gasteiger partial charge >= 0.3 is 0 Å². The predicted octanol–water partition coefficient (Wildman–Crippen LogP) is 2.91. The van der Waals surface area contributed by atoms with Crippen LogP contribution >= 0.6 is 11.6 Å². The summed E-state index contributed by atoms with van der Waals surface area (Å²) < 4.78 is 5.68. The van der Waals surface area contributed by atoms with Crippen LogP contribution in [0.5, 0.6) is 11.5 Å². The van der Waals surface area contributed by atoms with Crippen molar-refractivity contribution in [3.05, 3.63) is 58.6 Å². The molecule has 5 heteroatoms. The van der Waals surface area contributed by atoms with Crippen molar-refractivity contribution in [2.75, 3.05) is 0 Å². The second kappa shape index (κ2) is 5.73. The summed E-state index contributed by atoms with van der Waals surface area (Å²) in [6, 6.07) is 12.1. The molecule has 19 heavy (non-hydrogen) atoms. The van der Waals surface area contributed by atoms with E-state index in [1.165, 1.54) is 0 Å². The molecule has 0 saturated carbocycles. The van der Waals surface area contributed by atoms with Crippen molar-refractivity contribution < 1.29 is 9.84 Å². The zero-order valence-electron chi connectivity index (χ0n) is 10.1. The van der Waals surface area contributed by atoms with Crippen LogP contribution in [0.1, 0.15) is 11.1 Å². The number of hydrogen-bond donors (Lipinski definition) is 3. The zero-order chi connectivity index (χ0) is 13.8. The number of ether oxygens (including phenoxy) is 1. The summed E-state index contributed by atoms with van der Waals surface area (Å²) in [6.07, 6.45) is 0. The highest BCUT2D eigenvalue weighted by molar-refractivity contribution is 6.34. The molecular weight excluding hydrogens is 264 g/mol. The van der Waals surface area contributed by atoms with Crippen LogP contribution in [0.15, 0.2) is 42.5 Å². The minimum absolute atomic E-state index is 0.0632. The van der Waals surface area contributed by atoms with Gasteiger partial charge in [-0.3, -0.25) is 5.41 Å². The molecule has 4 N–H and O–H groups in total. The predicted molar refractivity (Wildman–Crippen MR) is 74.9 cm³/mol. The molecule has 2 aromatic rings. The number of nitrogens with one attached hydrogen (secondary N) is 1. The van der Waals surface area contributed by atoms with Crippen LogP contribution in [0.25, 0.3) is 0 Å². The number of hydrogen-bond acceptors (Lipinski definition) is 3. The first-order valence-electron chi connectivity index (χ1n) is 5.62. The van der Waals surface area contributed by atoms with Gasteiger partial charge in [-0.1, -0.05) is 29.8 Å². The van der Waals surface area contributed by atoms with E-state index in [4.69, 9.17) is 32.6 Å². The summed E-state index contributed by atoms with van der Waals surface area (Å²) in [7, 11) is 0. The van der Waals surface area contributed by atoms with Crippen molar-refractivity contribution in [1.29, 1.82) is 5.41 Å². The van der Waals surface area contributed by atoms with Crippen LogP contribution < -0.4 is 10.5 Å². The summed E-state index contributed by atoms with van der Waals surface area (Å²) in [4.78, 5) is 0. The van der Waals surface area contributed by atoms with Crippen molar-refractivity contribution in [2.24, 2.45) is 5.73 Å². The monoisotopic (exact) mass is 276 g/mol. The van der Waals surface area contributed by atoms with E-state index in [-0.39, 0.29) is 12.4 Å². The molecule has 0 radical (unpaired) electrons. The Kier molecular flexibility index (Phi) is 4.04. The smallest absolute Gasteiger partial charge is 0.139 e. The highest BCUT2D eigenvalue weighted by Crippen LogP contribution is 2.30. The standard InChI is InChI=1S/C14H13ClN2O2/c15-11-5-2-6-12(13(11)14(16)17)19-10-4-1-3-9(7-10)8-18/h1-7,18H,8H2,(H3,16,17). The SMILES string of the molecule is N=C(N)c1c(Cl)cccc1Oc1cccc(CO)c1. The molecule has 2 rings (SSSR count). The number of benzene rings is 2. The maximum Gasteiger partial charge on any atom is 0.139 e. The molecule has 0 fully saturated rings. The van der Waals surface area contributed by atoms with E-state index in [0.717, 1.165) is 5.56 Å². The molecule has 0 aliphatic carbocycles. The summed E-state index contributed by atoms with van der Waals surface area (Å²) in [5.74, 6) is 0.810. The fourth-order valence-corrected chi connectivity index (χ4v) is 1.95. The Morgan fingerprint density at radius 3 is 2.68 bits per heavy atom. The molecule has 0 aliphatic heterocycles. The Labute approximate surface area is 115 Å². The molecule has 0 saturated heterocycles. The third kappa shape index (κ3) is 3.05. The maximum absolute atomic E-state index is 9.08. The summed E-state index contributed by atoms with van der Waals surface area (Å²) >= 11 is 6.01. The lowest BCUT2D eigenvalue weighted by Crippen LogP contribution is -2.13. The van der Waals surface area contributed by atoms with Gasteiger partial charge in [-0.25, -0.2) is 0 Å². The lowest BCUT2D eigenvalue weighted by atomic mass is 10.2. The van der Waals surface area contributed by atoms with Crippen LogP contribution in [0, 0.1) is 5.41 Å². The van der Waals surface area contributed by atoms with Gasteiger partial charge in [-0.05, 0) is 29.8 Å². The molecule has 4 nitrogen and oxygen atoms in total. The van der Waals surface area contributed by atoms with Gasteiger partial charge in [0.1, 0.15) is 17.3 Å². The Bertz CT molecular complexity index is 614. The number of halogens is 1. The van der Waals surface area contributed by atoms with E-state index >= 15 is 0 Å². The number of aliphatic hydroxyl groups excluding tert-OH is 1. The van der Waals surface area contributed by atoms with Crippen LogP contribution in [-0.4, -0.2) is 10.9 Å². The minimum atomic E-state index is -0.154. The van der Waals surface area contributed by atoms with Gasteiger partial charge in [0, 0.05) is 0 Å². The van der Waals surface area contributed by atoms with E-state index in [9.17, 15) is 0 Å². The molecule has 0 heterocycles. The normalized spacial score (nSPS) is 10.2. The van der Waals surface area contributed by atoms with Gasteiger partial charge in [0.05, 0.1) is 17.2 Å². The van der Waals surface area contributed by atoms with Crippen LogP contribution in [0.2, 0.25) is 5.02 Å². The van der Waals surface area contributed by atoms with Gasteiger partial charge in [0.25, 0.3) is 0 Å². The van der Waals surface area contributed by atoms with Crippen molar-refractivity contribution in [3.63, 3.8) is 0 Å². The van der Waals surface area contributed by atoms with Gasteiger partial charge in [0.15, 0.2) is 0 Å². The number of amidine groups is 1. The zero-order valence-corrected chi connectivity index (χ0v) is 10.8. The van der Waals surface area contributed by atoms with Gasteiger partial charge < -0.3 is 15.6 Å². The fourth-order valence-electron chi connectivity index (χ4n) is 1.69. The average Bonchev–Trinajstić information content (AvgIpc) is 2.38. The maximum atomic E-state index is 9.08. The average molecular weight is 277 g/mol. The number of aliphatic hydroxyl groups is 1. The number of nitrogens with two attached hydrogens (primary N) is 1. The molecule has 0 unspecified atom stereocenters. The van der Waals surface area contributed by atoms with Gasteiger partial charge in [-0.15, -0.1) is 0 Å². The third-order valence-electron chi connectivity index (χ3n) is 2.55. The van der Waals surface area contributed by atoms with Gasteiger partial charge in [-0.2, -0.15) is 0 Å². The minimum Gasteiger partial charge on any atom is -0.457 e. The highest BCUT2D eigenvalue weighted by atomic mass is 35.5. The molecule has 2 aromatic carbocycles. The molecule has 0 atom stereocenters. The summed E-state index contributed by atoms with van der Waals surface area (Å²) in [5.41, 5.74) is 6.60. The van der Waals surface area contributed by atoms with Crippen LogP contribution in [-0.2, 0) is 6.61 Å². The van der Waals surface area contributed by atoms with Crippen molar-refractivity contribution >= 4 is 17.4 Å². The first-order valence-corrected chi connectivity index (χ1v) is 6.00. The molecule has 0 spiro atoms. The molecule has 0 amide bonds. The Balaban J connectivity index is 2.38. The lowest BCUT2D eigenvalue weighted by molar-refractivity contribution is 0.281. The van der Waals surface area contributed by atoms with E-state index in [1.807, 2.05) is 0 Å². The highest BCUT2D eigenvalue weighted by Gasteiger charge is 2.12. The fraction of sp³-hybridized carbons (Fsp3) is 0.0714. The van der Waals surface area contributed by atoms with Crippen LogP contribution in [0.4, 0.5) is 0 Å². The van der Waals surface area contributed by atoms with Gasteiger partial charge in [0.2, 0.25) is 0 Å². The third-order valence-corrected chi connectivity index (χ3v) is 2.87. The Hall–Kier alpha value is -2.04. The van der Waals surface area contributed by atoms with Crippen molar-refractivity contribution in [1.82, 2.24) is 0 Å². The summed E-state index contributed by atoms with van der Waals surface area (Å²) in [6.45, 7) is -0.0632. The number of nitrogen functional groups attached to an aromatic ring is 1. The quantitative estimate of drug-likeness (QED) is 0.593. The van der Waals surface area contributed by atoms with Crippen LogP contribution in [0.3, 0.4) is 0 Å². The first-order chi connectivity index (χ1) is 9.11. The molecule has 98 valence electrons. The molecule has 0 bridgehead atoms. The van der Waals surface area contributed by atoms with Crippen molar-refractivity contribution in [2.45, 2.75) is 6.61 Å². The van der Waals surface area contributed by atoms with E-state index in [2.05, 4.69) is 0 Å². The summed E-state index contributed by atoms with van der Waals surface area (Å²) in [5, 5.41) is 17.0. The van der Waals surface area contributed by atoms with E-state index < -0.39 is 0 Å². The Morgan fingerprint density at radius 2 is 2.00 bits per heavy atom. The molecule has 0 aromatic heterocycles.